The van der Waals surface area contributed by atoms with Crippen molar-refractivity contribution in [2.45, 2.75) is 6.10 Å². The quantitative estimate of drug-likeness (QED) is 0.356. The highest BCUT2D eigenvalue weighted by atomic mass is 16.5. The second-order valence-corrected chi connectivity index (χ2v) is 6.25. The first-order valence-electron chi connectivity index (χ1n) is 8.28. The van der Waals surface area contributed by atoms with E-state index in [9.17, 15) is 35.4 Å². The third-order valence-corrected chi connectivity index (χ3v) is 4.46. The molecule has 0 saturated heterocycles. The molecule has 2 heterocycles. The Morgan fingerprint density at radius 2 is 1.52 bits per heavy atom. The summed E-state index contributed by atoms with van der Waals surface area (Å²) in [6.07, 6.45) is 0.712. The van der Waals surface area contributed by atoms with Gasteiger partial charge in [-0.05, 0) is 30.3 Å². The number of phenolic OH excluding ortho intramolecular Hbond substituents is 4. The van der Waals surface area contributed by atoms with Crippen LogP contribution >= 0.6 is 0 Å². The van der Waals surface area contributed by atoms with Crippen LogP contribution in [0.25, 0.3) is 17.1 Å². The molecule has 6 N–H and O–H groups in total. The Morgan fingerprint density at radius 1 is 0.828 bits per heavy atom. The van der Waals surface area contributed by atoms with Crippen LogP contribution in [0.4, 0.5) is 0 Å². The van der Waals surface area contributed by atoms with Crippen molar-refractivity contribution in [3.05, 3.63) is 64.0 Å². The number of hydrogen-bond acceptors (Lipinski definition) is 9. The molecule has 1 aliphatic heterocycles. The summed E-state index contributed by atoms with van der Waals surface area (Å²) in [5.74, 6) is -4.39. The molecular formula is C20H14O9. The van der Waals surface area contributed by atoms with Crippen LogP contribution in [-0.2, 0) is 0 Å². The van der Waals surface area contributed by atoms with Crippen molar-refractivity contribution in [1.29, 1.82) is 0 Å². The fraction of sp³-hybridized carbons (Fsp3) is 0.0500. The van der Waals surface area contributed by atoms with Crippen molar-refractivity contribution in [3.8, 4) is 45.8 Å². The zero-order chi connectivity index (χ0) is 20.9. The number of aromatic hydroxyl groups is 5. The lowest BCUT2D eigenvalue weighted by Crippen LogP contribution is -2.11. The molecule has 1 unspecified atom stereocenters. The van der Waals surface area contributed by atoms with E-state index >= 15 is 0 Å². The molecule has 0 spiro atoms. The summed E-state index contributed by atoms with van der Waals surface area (Å²) in [4.78, 5) is 11.8. The molecule has 3 aromatic rings. The number of ether oxygens (including phenoxy) is 1. The van der Waals surface area contributed by atoms with Gasteiger partial charge in [-0.15, -0.1) is 0 Å². The molecule has 9 nitrogen and oxygen atoms in total. The van der Waals surface area contributed by atoms with E-state index in [1.165, 1.54) is 30.3 Å². The van der Waals surface area contributed by atoms with Crippen LogP contribution in [0.5, 0.6) is 34.5 Å². The van der Waals surface area contributed by atoms with Crippen molar-refractivity contribution in [1.82, 2.24) is 0 Å². The van der Waals surface area contributed by atoms with Gasteiger partial charge in [-0.25, -0.2) is 0 Å². The van der Waals surface area contributed by atoms with Crippen molar-refractivity contribution >= 4 is 5.76 Å². The molecule has 2 aromatic carbocycles. The van der Waals surface area contributed by atoms with E-state index in [0.29, 0.717) is 5.56 Å². The Morgan fingerprint density at radius 3 is 2.21 bits per heavy atom. The highest BCUT2D eigenvalue weighted by Gasteiger charge is 2.35. The number of fused-ring (bicyclic) bond motifs is 1. The molecule has 29 heavy (non-hydrogen) atoms. The Bertz CT molecular complexity index is 1210. The lowest BCUT2D eigenvalue weighted by atomic mass is 9.95. The fourth-order valence-corrected chi connectivity index (χ4v) is 3.04. The maximum absolute atomic E-state index is 11.8. The van der Waals surface area contributed by atoms with Gasteiger partial charge >= 0.3 is 0 Å². The van der Waals surface area contributed by atoms with E-state index < -0.39 is 45.9 Å². The molecule has 1 atom stereocenters. The van der Waals surface area contributed by atoms with E-state index in [4.69, 9.17) is 9.15 Å². The van der Waals surface area contributed by atoms with Gasteiger partial charge in [0.15, 0.2) is 23.0 Å². The van der Waals surface area contributed by atoms with Crippen LogP contribution in [-0.4, -0.2) is 30.6 Å². The van der Waals surface area contributed by atoms with Gasteiger partial charge in [-0.1, -0.05) is 0 Å². The van der Waals surface area contributed by atoms with Crippen LogP contribution in [0.1, 0.15) is 17.2 Å². The molecule has 0 saturated carbocycles. The molecule has 9 heteroatoms. The number of rotatable bonds is 2. The highest BCUT2D eigenvalue weighted by molar-refractivity contribution is 5.86. The largest absolute Gasteiger partial charge is 0.508 e. The summed E-state index contributed by atoms with van der Waals surface area (Å²) < 4.78 is 10.9. The molecule has 1 aliphatic rings. The average Bonchev–Trinajstić information content (AvgIpc) is 2.69. The van der Waals surface area contributed by atoms with Gasteiger partial charge in [-0.2, -0.15) is 0 Å². The van der Waals surface area contributed by atoms with Gasteiger partial charge in [-0.3, -0.25) is 4.79 Å². The number of aliphatic hydroxyl groups excluding tert-OH is 1. The summed E-state index contributed by atoms with van der Waals surface area (Å²) >= 11 is 0. The number of phenols is 4. The van der Waals surface area contributed by atoms with Crippen LogP contribution in [0, 0.1) is 0 Å². The Hall–Kier alpha value is -4.11. The third-order valence-electron chi connectivity index (χ3n) is 4.46. The van der Waals surface area contributed by atoms with Gasteiger partial charge in [0.25, 0.3) is 0 Å². The summed E-state index contributed by atoms with van der Waals surface area (Å²) in [5.41, 5.74) is -1.13. The van der Waals surface area contributed by atoms with Crippen LogP contribution in [0.3, 0.4) is 0 Å². The minimum Gasteiger partial charge on any atom is -0.508 e. The monoisotopic (exact) mass is 398 g/mol. The summed E-state index contributed by atoms with van der Waals surface area (Å²) in [7, 11) is 0. The van der Waals surface area contributed by atoms with Gasteiger partial charge in [0.1, 0.15) is 23.2 Å². The number of aliphatic hydroxyl groups is 1. The predicted octanol–water partition coefficient (Wildman–Crippen LogP) is 2.30. The summed E-state index contributed by atoms with van der Waals surface area (Å²) in [5, 5.41) is 60.7. The van der Waals surface area contributed by atoms with Crippen molar-refractivity contribution < 1.29 is 39.8 Å². The maximum atomic E-state index is 11.8. The standard InChI is InChI=1S/C20H14O9/c21-9-3-1-8(2-4-9)12-7-11(23)13-16(25)18(27)17(26)14(19(13)29-12)20-15(24)10(22)5-6-28-20/h1-7,11,21,23-27H. The second-order valence-electron chi connectivity index (χ2n) is 6.25. The van der Waals surface area contributed by atoms with E-state index in [0.717, 1.165) is 12.3 Å². The molecular weight excluding hydrogens is 384 g/mol. The van der Waals surface area contributed by atoms with Crippen LogP contribution in [0.15, 0.2) is 51.9 Å². The molecule has 0 radical (unpaired) electrons. The Kier molecular flexibility index (Phi) is 4.09. The Balaban J connectivity index is 1.99. The van der Waals surface area contributed by atoms with Gasteiger partial charge in [0.2, 0.25) is 16.9 Å². The molecule has 148 valence electrons. The van der Waals surface area contributed by atoms with Crippen molar-refractivity contribution in [2.24, 2.45) is 0 Å². The van der Waals surface area contributed by atoms with Crippen LogP contribution in [0.2, 0.25) is 0 Å². The van der Waals surface area contributed by atoms with Gasteiger partial charge in [0, 0.05) is 11.6 Å². The normalized spacial score (nSPS) is 15.3. The second kappa shape index (κ2) is 6.50. The van der Waals surface area contributed by atoms with E-state index in [1.807, 2.05) is 0 Å². The summed E-state index contributed by atoms with van der Waals surface area (Å²) in [6, 6.07) is 6.71. The van der Waals surface area contributed by atoms with E-state index in [1.54, 1.807) is 0 Å². The highest BCUT2D eigenvalue weighted by Crippen LogP contribution is 2.56. The molecule has 4 rings (SSSR count). The van der Waals surface area contributed by atoms with Crippen molar-refractivity contribution in [2.75, 3.05) is 0 Å². The molecule has 1 aromatic heterocycles. The van der Waals surface area contributed by atoms with Gasteiger partial charge in [0.05, 0.1) is 11.8 Å². The zero-order valence-corrected chi connectivity index (χ0v) is 14.5. The summed E-state index contributed by atoms with van der Waals surface area (Å²) in [6.45, 7) is 0. The fourth-order valence-electron chi connectivity index (χ4n) is 3.04. The lowest BCUT2D eigenvalue weighted by Gasteiger charge is -2.26. The zero-order valence-electron chi connectivity index (χ0n) is 14.5. The minimum absolute atomic E-state index is 0.00277. The van der Waals surface area contributed by atoms with Crippen LogP contribution < -0.4 is 10.2 Å². The van der Waals surface area contributed by atoms with E-state index in [-0.39, 0.29) is 22.8 Å². The third kappa shape index (κ3) is 2.80. The molecule has 0 fully saturated rings. The number of benzene rings is 2. The smallest absolute Gasteiger partial charge is 0.227 e. The molecule has 0 bridgehead atoms. The average molecular weight is 398 g/mol. The van der Waals surface area contributed by atoms with Crippen molar-refractivity contribution in [3.63, 3.8) is 0 Å². The minimum atomic E-state index is -1.48. The molecule has 0 amide bonds. The maximum Gasteiger partial charge on any atom is 0.227 e. The SMILES string of the molecule is O=c1ccoc(-c2c(O)c(O)c(O)c3c2OC(c2ccc(O)cc2)=CC3O)c1O. The van der Waals surface area contributed by atoms with Gasteiger partial charge < -0.3 is 39.8 Å². The number of hydrogen-bond donors (Lipinski definition) is 6. The molecule has 0 aliphatic carbocycles. The topological polar surface area (TPSA) is 161 Å². The van der Waals surface area contributed by atoms with E-state index in [2.05, 4.69) is 0 Å². The Labute approximate surface area is 162 Å². The first-order chi connectivity index (χ1) is 13.8. The lowest BCUT2D eigenvalue weighted by molar-refractivity contribution is 0.209. The predicted molar refractivity (Wildman–Crippen MR) is 98.7 cm³/mol. The first kappa shape index (κ1) is 18.3. The first-order valence-corrected chi connectivity index (χ1v) is 8.28.